The number of imidazole rings is 2. The van der Waals surface area contributed by atoms with E-state index in [-0.39, 0.29) is 23.0 Å². The SMILES string of the molecule is CC=CC=Cc1cnc(C(=O)C2CCN(CCC3(c4ccccc4)CCN(C(=O)c4cc(OC)c(OC)c(OC)c4)C3)CC2)n1Cc1ncc[nH]1. The summed E-state index contributed by atoms with van der Waals surface area (Å²) < 4.78 is 18.5. The van der Waals surface area contributed by atoms with Crippen molar-refractivity contribution >= 4 is 17.8 Å². The predicted molar refractivity (Wildman–Crippen MR) is 197 cm³/mol. The number of hydrogen-bond donors (Lipinski definition) is 1. The van der Waals surface area contributed by atoms with E-state index in [1.165, 1.54) is 5.56 Å². The van der Waals surface area contributed by atoms with E-state index in [9.17, 15) is 9.59 Å². The minimum atomic E-state index is -0.183. The fourth-order valence-electron chi connectivity index (χ4n) is 7.47. The summed E-state index contributed by atoms with van der Waals surface area (Å²) in [4.78, 5) is 44.4. The Bertz CT molecular complexity index is 1820. The molecule has 0 spiro atoms. The molecule has 1 unspecified atom stereocenters. The van der Waals surface area contributed by atoms with E-state index in [0.29, 0.717) is 48.3 Å². The van der Waals surface area contributed by atoms with Crippen LogP contribution in [-0.4, -0.2) is 95.1 Å². The third-order valence-electron chi connectivity index (χ3n) is 10.3. The number of rotatable bonds is 14. The summed E-state index contributed by atoms with van der Waals surface area (Å²) in [7, 11) is 4.66. The lowest BCUT2D eigenvalue weighted by Gasteiger charge is -2.36. The average molecular weight is 693 g/mol. The fraction of sp³-hybridized carbons (Fsp3) is 0.400. The van der Waals surface area contributed by atoms with Gasteiger partial charge in [-0.25, -0.2) is 9.97 Å². The molecule has 0 aliphatic carbocycles. The summed E-state index contributed by atoms with van der Waals surface area (Å²) >= 11 is 0. The number of benzene rings is 2. The van der Waals surface area contributed by atoms with Crippen molar-refractivity contribution < 1.29 is 23.8 Å². The van der Waals surface area contributed by atoms with Gasteiger partial charge in [-0.15, -0.1) is 0 Å². The number of carbonyl (C=O) groups excluding carboxylic acids is 2. The van der Waals surface area contributed by atoms with Gasteiger partial charge in [0.25, 0.3) is 5.91 Å². The van der Waals surface area contributed by atoms with E-state index in [1.807, 2.05) is 46.8 Å². The van der Waals surface area contributed by atoms with Gasteiger partial charge in [0.1, 0.15) is 5.82 Å². The zero-order valence-electron chi connectivity index (χ0n) is 30.0. The number of aromatic nitrogens is 4. The largest absolute Gasteiger partial charge is 0.493 e. The van der Waals surface area contributed by atoms with Crippen LogP contribution < -0.4 is 14.2 Å². The Kier molecular flexibility index (Phi) is 11.4. The van der Waals surface area contributed by atoms with Crippen LogP contribution in [0.4, 0.5) is 0 Å². The zero-order chi connectivity index (χ0) is 35.8. The van der Waals surface area contributed by atoms with Gasteiger partial charge in [-0.3, -0.25) is 9.59 Å². The third-order valence-corrected chi connectivity index (χ3v) is 10.3. The van der Waals surface area contributed by atoms with Crippen molar-refractivity contribution in [1.82, 2.24) is 29.3 Å². The van der Waals surface area contributed by atoms with Crippen molar-refractivity contribution in [1.29, 1.82) is 0 Å². The van der Waals surface area contributed by atoms with Crippen LogP contribution >= 0.6 is 0 Å². The van der Waals surface area contributed by atoms with E-state index in [0.717, 1.165) is 56.8 Å². The Balaban J connectivity index is 1.12. The number of methoxy groups -OCH3 is 3. The second-order valence-corrected chi connectivity index (χ2v) is 13.3. The minimum absolute atomic E-state index is 0.0581. The number of aromatic amines is 1. The van der Waals surface area contributed by atoms with Crippen LogP contribution in [0.2, 0.25) is 0 Å². The molecule has 2 aliphatic rings. The van der Waals surface area contributed by atoms with E-state index < -0.39 is 0 Å². The van der Waals surface area contributed by atoms with Crippen LogP contribution in [0.1, 0.15) is 70.7 Å². The van der Waals surface area contributed by atoms with Gasteiger partial charge in [-0.2, -0.15) is 0 Å². The number of nitrogens with one attached hydrogen (secondary N) is 1. The van der Waals surface area contributed by atoms with Crippen molar-refractivity contribution in [3.05, 3.63) is 108 Å². The molecule has 0 bridgehead atoms. The quantitative estimate of drug-likeness (QED) is 0.126. The Morgan fingerprint density at radius 2 is 1.73 bits per heavy atom. The minimum Gasteiger partial charge on any atom is -0.493 e. The molecule has 268 valence electrons. The second kappa shape index (κ2) is 16.2. The summed E-state index contributed by atoms with van der Waals surface area (Å²) in [5.74, 6) is 2.58. The Morgan fingerprint density at radius 3 is 2.37 bits per heavy atom. The fourth-order valence-corrected chi connectivity index (χ4v) is 7.47. The molecule has 1 atom stereocenters. The topological polar surface area (TPSA) is 115 Å². The van der Waals surface area contributed by atoms with Gasteiger partial charge in [0.05, 0.1) is 39.8 Å². The van der Waals surface area contributed by atoms with E-state index in [4.69, 9.17) is 14.2 Å². The van der Waals surface area contributed by atoms with Crippen LogP contribution in [0.5, 0.6) is 17.2 Å². The van der Waals surface area contributed by atoms with Crippen LogP contribution in [-0.2, 0) is 12.0 Å². The van der Waals surface area contributed by atoms with Gasteiger partial charge in [0.2, 0.25) is 11.5 Å². The van der Waals surface area contributed by atoms with Crippen molar-refractivity contribution in [2.24, 2.45) is 5.92 Å². The van der Waals surface area contributed by atoms with Crippen LogP contribution in [0.15, 0.2) is 79.3 Å². The first-order valence-corrected chi connectivity index (χ1v) is 17.6. The van der Waals surface area contributed by atoms with Gasteiger partial charge in [0.15, 0.2) is 17.3 Å². The normalized spacial score (nSPS) is 18.5. The predicted octanol–water partition coefficient (Wildman–Crippen LogP) is 6.04. The number of ether oxygens (including phenoxy) is 3. The van der Waals surface area contributed by atoms with E-state index in [2.05, 4.69) is 44.1 Å². The maximum absolute atomic E-state index is 13.9. The highest BCUT2D eigenvalue weighted by molar-refractivity contribution is 5.96. The molecular weight excluding hydrogens is 644 g/mol. The number of ketones is 1. The second-order valence-electron chi connectivity index (χ2n) is 13.3. The highest BCUT2D eigenvalue weighted by Gasteiger charge is 2.42. The smallest absolute Gasteiger partial charge is 0.254 e. The molecule has 4 aromatic rings. The maximum atomic E-state index is 13.9. The number of hydrogen-bond acceptors (Lipinski definition) is 8. The van der Waals surface area contributed by atoms with Crippen LogP contribution in [0, 0.1) is 5.92 Å². The zero-order valence-corrected chi connectivity index (χ0v) is 30.0. The Hall–Kier alpha value is -5.16. The van der Waals surface area contributed by atoms with Crippen molar-refractivity contribution in [2.75, 3.05) is 54.1 Å². The number of carbonyl (C=O) groups is 2. The number of likely N-dealkylation sites (tertiary alicyclic amines) is 2. The van der Waals surface area contributed by atoms with Gasteiger partial charge in [-0.1, -0.05) is 48.6 Å². The Morgan fingerprint density at radius 1 is 0.980 bits per heavy atom. The first kappa shape index (κ1) is 35.7. The summed E-state index contributed by atoms with van der Waals surface area (Å²) in [5, 5.41) is 0. The number of allylic oxidation sites excluding steroid dienone is 3. The molecule has 6 rings (SSSR count). The monoisotopic (exact) mass is 692 g/mol. The number of piperidine rings is 1. The molecule has 2 aromatic carbocycles. The van der Waals surface area contributed by atoms with Crippen LogP contribution in [0.3, 0.4) is 0 Å². The number of nitrogens with zero attached hydrogens (tertiary/aromatic N) is 5. The lowest BCUT2D eigenvalue weighted by molar-refractivity contribution is 0.0777. The molecule has 11 heteroatoms. The first-order chi connectivity index (χ1) is 24.9. The molecular formula is C40H48N6O5. The molecule has 2 fully saturated rings. The molecule has 4 heterocycles. The standard InChI is InChI=1S/C40H48N6O5/c1-5-6-8-13-32-26-43-38(46(32)27-35-41-18-19-42-35)36(47)29-14-20-44(21-15-29)22-16-40(31-11-9-7-10-12-31)17-23-45(28-40)39(48)30-24-33(49-2)37(51-4)34(25-30)50-3/h5-13,18-19,24-26,29H,14-17,20-23,27-28H2,1-4H3,(H,41,42). The van der Waals surface area contributed by atoms with Gasteiger partial charge >= 0.3 is 0 Å². The number of Topliss-reactive ketones (excluding diaryl/α,β-unsaturated/α-hetero) is 1. The van der Waals surface area contributed by atoms with Crippen molar-refractivity contribution in [3.63, 3.8) is 0 Å². The number of H-pyrrole nitrogens is 1. The molecule has 2 aliphatic heterocycles. The van der Waals surface area contributed by atoms with E-state index >= 15 is 0 Å². The summed E-state index contributed by atoms with van der Waals surface area (Å²) in [5.41, 5.74) is 2.44. The molecule has 51 heavy (non-hydrogen) atoms. The summed E-state index contributed by atoms with van der Waals surface area (Å²) in [6.45, 7) is 6.24. The van der Waals surface area contributed by atoms with E-state index in [1.54, 1.807) is 52.1 Å². The highest BCUT2D eigenvalue weighted by Crippen LogP contribution is 2.41. The lowest BCUT2D eigenvalue weighted by atomic mass is 9.76. The molecule has 0 saturated carbocycles. The van der Waals surface area contributed by atoms with Crippen molar-refractivity contribution in [3.8, 4) is 17.2 Å². The van der Waals surface area contributed by atoms with Gasteiger partial charge in [0, 0.05) is 42.4 Å². The molecule has 0 radical (unpaired) electrons. The average Bonchev–Trinajstić information content (AvgIpc) is 3.95. The maximum Gasteiger partial charge on any atom is 0.254 e. The first-order valence-electron chi connectivity index (χ1n) is 17.6. The molecule has 11 nitrogen and oxygen atoms in total. The van der Waals surface area contributed by atoms with Crippen molar-refractivity contribution in [2.45, 2.75) is 44.6 Å². The number of amides is 1. The van der Waals surface area contributed by atoms with Gasteiger partial charge < -0.3 is 33.6 Å². The highest BCUT2D eigenvalue weighted by atomic mass is 16.5. The molecule has 2 saturated heterocycles. The molecule has 1 N–H and O–H groups in total. The summed E-state index contributed by atoms with van der Waals surface area (Å²) in [6.07, 6.45) is 16.5. The van der Waals surface area contributed by atoms with Gasteiger partial charge in [-0.05, 0) is 76.0 Å². The third kappa shape index (κ3) is 7.78. The lowest BCUT2D eigenvalue weighted by Crippen LogP contribution is -2.41. The molecule has 1 amide bonds. The Labute approximate surface area is 299 Å². The summed E-state index contributed by atoms with van der Waals surface area (Å²) in [6, 6.07) is 14.0. The molecule has 2 aromatic heterocycles. The van der Waals surface area contributed by atoms with Crippen LogP contribution in [0.25, 0.3) is 6.08 Å².